The topological polar surface area (TPSA) is 43.3 Å². The van der Waals surface area contributed by atoms with Gasteiger partial charge in [-0.05, 0) is 19.1 Å². The van der Waals surface area contributed by atoms with E-state index in [9.17, 15) is 13.2 Å². The summed E-state index contributed by atoms with van der Waals surface area (Å²) in [4.78, 5) is 4.11. The molecule has 0 aromatic carbocycles. The Labute approximate surface area is 100 Å². The maximum absolute atomic E-state index is 12.5. The number of imidazole rings is 1. The highest BCUT2D eigenvalue weighted by Crippen LogP contribution is 2.30. The first-order valence-electron chi connectivity index (χ1n) is 4.66. The van der Waals surface area contributed by atoms with E-state index in [1.807, 2.05) is 0 Å². The third-order valence-corrected chi connectivity index (χ3v) is 2.55. The number of halogens is 3. The van der Waals surface area contributed by atoms with E-state index in [1.54, 1.807) is 6.92 Å². The van der Waals surface area contributed by atoms with Crippen LogP contribution in [-0.4, -0.2) is 14.4 Å². The van der Waals surface area contributed by atoms with Crippen molar-refractivity contribution < 1.29 is 13.2 Å². The average molecular weight is 259 g/mol. The molecule has 0 radical (unpaired) electrons. The molecular weight excluding hydrogens is 251 g/mol. The highest BCUT2D eigenvalue weighted by molar-refractivity contribution is 7.80. The summed E-state index contributed by atoms with van der Waals surface area (Å²) in [6.45, 7) is 1.65. The number of rotatable bonds is 1. The zero-order valence-electron chi connectivity index (χ0n) is 8.75. The number of fused-ring (bicyclic) bond motifs is 1. The van der Waals surface area contributed by atoms with Gasteiger partial charge in [0, 0.05) is 6.20 Å². The van der Waals surface area contributed by atoms with Crippen LogP contribution in [0.2, 0.25) is 0 Å². The van der Waals surface area contributed by atoms with Crippen molar-refractivity contribution in [1.29, 1.82) is 0 Å². The van der Waals surface area contributed by atoms with Crippen LogP contribution in [0.25, 0.3) is 5.65 Å². The van der Waals surface area contributed by atoms with Crippen molar-refractivity contribution in [2.24, 2.45) is 5.73 Å². The molecule has 0 spiro atoms. The summed E-state index contributed by atoms with van der Waals surface area (Å²) in [7, 11) is 0. The molecule has 0 fully saturated rings. The van der Waals surface area contributed by atoms with Crippen molar-refractivity contribution in [2.75, 3.05) is 0 Å². The van der Waals surface area contributed by atoms with E-state index in [-0.39, 0.29) is 10.6 Å². The van der Waals surface area contributed by atoms with E-state index in [1.165, 1.54) is 10.6 Å². The molecule has 0 saturated carbocycles. The highest BCUT2D eigenvalue weighted by Gasteiger charge is 2.31. The standard InChI is InChI=1S/C10H8F3N3S/c1-5-8(9(14)17)16-3-2-6(10(11,12)13)4-7(16)15-5/h2-4H,1H3,(H2,14,17). The molecule has 0 aliphatic heterocycles. The van der Waals surface area contributed by atoms with Gasteiger partial charge in [-0.3, -0.25) is 4.40 Å². The lowest BCUT2D eigenvalue weighted by atomic mass is 10.2. The van der Waals surface area contributed by atoms with Gasteiger partial charge in [-0.1, -0.05) is 12.2 Å². The molecule has 3 nitrogen and oxygen atoms in total. The average Bonchev–Trinajstić information content (AvgIpc) is 2.50. The zero-order valence-corrected chi connectivity index (χ0v) is 9.56. The van der Waals surface area contributed by atoms with Crippen LogP contribution in [0, 0.1) is 6.92 Å². The SMILES string of the molecule is Cc1nc2cc(C(F)(F)F)ccn2c1C(N)=S. The predicted octanol–water partition coefficient (Wildman–Crippen LogP) is 2.30. The lowest BCUT2D eigenvalue weighted by molar-refractivity contribution is -0.137. The van der Waals surface area contributed by atoms with Crippen LogP contribution in [0.5, 0.6) is 0 Å². The summed E-state index contributed by atoms with van der Waals surface area (Å²) < 4.78 is 38.9. The summed E-state index contributed by atoms with van der Waals surface area (Å²) >= 11 is 4.83. The van der Waals surface area contributed by atoms with Crippen molar-refractivity contribution in [3.05, 3.63) is 35.3 Å². The highest BCUT2D eigenvalue weighted by atomic mass is 32.1. The Morgan fingerprint density at radius 2 is 2.12 bits per heavy atom. The van der Waals surface area contributed by atoms with Crippen molar-refractivity contribution in [3.63, 3.8) is 0 Å². The van der Waals surface area contributed by atoms with Crippen LogP contribution in [0.15, 0.2) is 18.3 Å². The Morgan fingerprint density at radius 1 is 1.47 bits per heavy atom. The van der Waals surface area contributed by atoms with Gasteiger partial charge in [0.05, 0.1) is 11.3 Å². The molecule has 0 atom stereocenters. The van der Waals surface area contributed by atoms with Gasteiger partial charge >= 0.3 is 6.18 Å². The van der Waals surface area contributed by atoms with Crippen molar-refractivity contribution >= 4 is 22.9 Å². The summed E-state index contributed by atoms with van der Waals surface area (Å²) in [5.41, 5.74) is 5.90. The van der Waals surface area contributed by atoms with Gasteiger partial charge in [0.1, 0.15) is 16.3 Å². The van der Waals surface area contributed by atoms with E-state index in [2.05, 4.69) is 4.98 Å². The predicted molar refractivity (Wildman–Crippen MR) is 60.8 cm³/mol. The molecule has 2 aromatic rings. The second kappa shape index (κ2) is 3.69. The molecule has 17 heavy (non-hydrogen) atoms. The van der Waals surface area contributed by atoms with E-state index in [0.29, 0.717) is 11.4 Å². The molecule has 90 valence electrons. The first kappa shape index (κ1) is 11.8. The van der Waals surface area contributed by atoms with Crippen LogP contribution >= 0.6 is 12.2 Å². The molecule has 0 amide bonds. The summed E-state index contributed by atoms with van der Waals surface area (Å²) in [6.07, 6.45) is -3.11. The van der Waals surface area contributed by atoms with Gasteiger partial charge in [0.15, 0.2) is 0 Å². The molecule has 0 aliphatic carbocycles. The van der Waals surface area contributed by atoms with Gasteiger partial charge in [-0.25, -0.2) is 4.98 Å². The van der Waals surface area contributed by atoms with Gasteiger partial charge in [-0.15, -0.1) is 0 Å². The Hall–Kier alpha value is -1.63. The van der Waals surface area contributed by atoms with E-state index in [0.717, 1.165) is 12.1 Å². The molecule has 0 saturated heterocycles. The summed E-state index contributed by atoms with van der Waals surface area (Å²) in [5.74, 6) is 0. The fourth-order valence-electron chi connectivity index (χ4n) is 1.64. The molecule has 2 N–H and O–H groups in total. The van der Waals surface area contributed by atoms with Crippen LogP contribution in [0.4, 0.5) is 13.2 Å². The minimum Gasteiger partial charge on any atom is -0.388 e. The summed E-state index contributed by atoms with van der Waals surface area (Å²) in [5, 5.41) is 0. The number of aromatic nitrogens is 2. The molecular formula is C10H8F3N3S. The quantitative estimate of drug-likeness (QED) is 0.799. The Balaban J connectivity index is 2.70. The molecule has 0 aliphatic rings. The fraction of sp³-hybridized carbons (Fsp3) is 0.200. The Bertz CT molecular complexity index is 601. The van der Waals surface area contributed by atoms with Crippen molar-refractivity contribution in [3.8, 4) is 0 Å². The number of hydrogen-bond acceptors (Lipinski definition) is 2. The van der Waals surface area contributed by atoms with E-state index >= 15 is 0 Å². The number of nitrogens with zero attached hydrogens (tertiary/aromatic N) is 2. The number of pyridine rings is 1. The molecule has 2 aromatic heterocycles. The number of alkyl halides is 3. The number of aryl methyl sites for hydroxylation is 1. The lowest BCUT2D eigenvalue weighted by Crippen LogP contribution is -2.14. The minimum atomic E-state index is -4.38. The first-order chi connectivity index (χ1) is 7.80. The normalized spacial score (nSPS) is 12.0. The van der Waals surface area contributed by atoms with Gasteiger partial charge in [0.2, 0.25) is 0 Å². The minimum absolute atomic E-state index is 0.106. The zero-order chi connectivity index (χ0) is 12.8. The molecule has 2 heterocycles. The van der Waals surface area contributed by atoms with E-state index < -0.39 is 11.7 Å². The smallest absolute Gasteiger partial charge is 0.388 e. The number of thiocarbonyl (C=S) groups is 1. The molecule has 7 heteroatoms. The van der Waals surface area contributed by atoms with E-state index in [4.69, 9.17) is 18.0 Å². The third-order valence-electron chi connectivity index (χ3n) is 2.36. The van der Waals surface area contributed by atoms with Crippen LogP contribution in [0.1, 0.15) is 17.0 Å². The van der Waals surface area contributed by atoms with Crippen LogP contribution in [0.3, 0.4) is 0 Å². The molecule has 0 bridgehead atoms. The van der Waals surface area contributed by atoms with Gasteiger partial charge in [-0.2, -0.15) is 13.2 Å². The van der Waals surface area contributed by atoms with Crippen LogP contribution < -0.4 is 5.73 Å². The molecule has 2 rings (SSSR count). The van der Waals surface area contributed by atoms with Crippen molar-refractivity contribution in [2.45, 2.75) is 13.1 Å². The first-order valence-corrected chi connectivity index (χ1v) is 5.07. The second-order valence-electron chi connectivity index (χ2n) is 3.55. The fourth-order valence-corrected chi connectivity index (χ4v) is 1.88. The number of nitrogens with two attached hydrogens (primary N) is 1. The summed E-state index contributed by atoms with van der Waals surface area (Å²) in [6, 6.07) is 1.94. The number of hydrogen-bond donors (Lipinski definition) is 1. The second-order valence-corrected chi connectivity index (χ2v) is 3.99. The molecule has 0 unspecified atom stereocenters. The Kier molecular flexibility index (Phi) is 2.57. The van der Waals surface area contributed by atoms with Gasteiger partial charge < -0.3 is 5.73 Å². The maximum atomic E-state index is 12.5. The lowest BCUT2D eigenvalue weighted by Gasteiger charge is -2.07. The third kappa shape index (κ3) is 1.97. The van der Waals surface area contributed by atoms with Gasteiger partial charge in [0.25, 0.3) is 0 Å². The van der Waals surface area contributed by atoms with Crippen molar-refractivity contribution in [1.82, 2.24) is 9.38 Å². The Morgan fingerprint density at radius 3 is 2.65 bits per heavy atom. The van der Waals surface area contributed by atoms with Crippen LogP contribution in [-0.2, 0) is 6.18 Å². The monoisotopic (exact) mass is 259 g/mol. The maximum Gasteiger partial charge on any atom is 0.416 e. The largest absolute Gasteiger partial charge is 0.416 e.